The van der Waals surface area contributed by atoms with E-state index in [1.54, 1.807) is 19.9 Å². The molecule has 0 spiro atoms. The minimum absolute atomic E-state index is 0.234. The molecule has 0 saturated heterocycles. The van der Waals surface area contributed by atoms with Gasteiger partial charge in [0.05, 0.1) is 23.6 Å². The predicted molar refractivity (Wildman–Crippen MR) is 112 cm³/mol. The fraction of sp³-hybridized carbons (Fsp3) is 0.250. The van der Waals surface area contributed by atoms with Crippen LogP contribution in [0.15, 0.2) is 29.1 Å². The van der Waals surface area contributed by atoms with E-state index in [1.165, 1.54) is 0 Å². The monoisotopic (exact) mass is 418 g/mol. The second-order valence-corrected chi connectivity index (χ2v) is 7.28. The van der Waals surface area contributed by atoms with Crippen molar-refractivity contribution in [1.82, 2.24) is 9.97 Å². The number of benzene rings is 1. The van der Waals surface area contributed by atoms with E-state index in [0.29, 0.717) is 27.3 Å². The average molecular weight is 419 g/mol. The molecule has 0 atom stereocenters. The van der Waals surface area contributed by atoms with Crippen molar-refractivity contribution in [3.8, 4) is 5.75 Å². The van der Waals surface area contributed by atoms with Crippen LogP contribution in [0.5, 0.6) is 5.75 Å². The van der Waals surface area contributed by atoms with Crippen molar-refractivity contribution in [3.05, 3.63) is 56.4 Å². The van der Waals surface area contributed by atoms with Crippen LogP contribution in [-0.4, -0.2) is 29.2 Å². The van der Waals surface area contributed by atoms with E-state index in [2.05, 4.69) is 9.97 Å². The maximum absolute atomic E-state index is 12.6. The molecule has 0 radical (unpaired) electrons. The summed E-state index contributed by atoms with van der Waals surface area (Å²) in [5.74, 6) is 0.501. The number of rotatable bonds is 6. The lowest BCUT2D eigenvalue weighted by molar-refractivity contribution is 0.0531. The number of esters is 1. The van der Waals surface area contributed by atoms with Crippen molar-refractivity contribution < 1.29 is 14.3 Å². The molecule has 0 aliphatic carbocycles. The van der Waals surface area contributed by atoms with E-state index >= 15 is 0 Å². The van der Waals surface area contributed by atoms with Crippen LogP contribution >= 0.6 is 22.9 Å². The molecular formula is C20H19ClN2O4S. The Morgan fingerprint density at radius 1 is 1.32 bits per heavy atom. The molecular weight excluding hydrogens is 400 g/mol. The quantitative estimate of drug-likeness (QED) is 0.591. The van der Waals surface area contributed by atoms with E-state index in [9.17, 15) is 9.59 Å². The zero-order valence-corrected chi connectivity index (χ0v) is 17.2. The van der Waals surface area contributed by atoms with Gasteiger partial charge in [-0.05, 0) is 50.1 Å². The molecule has 0 unspecified atom stereocenters. The first-order chi connectivity index (χ1) is 13.4. The van der Waals surface area contributed by atoms with Gasteiger partial charge in [0.1, 0.15) is 15.5 Å². The number of aromatic nitrogens is 2. The van der Waals surface area contributed by atoms with Crippen molar-refractivity contribution in [1.29, 1.82) is 0 Å². The molecule has 6 nitrogen and oxygen atoms in total. The highest BCUT2D eigenvalue weighted by molar-refractivity contribution is 7.20. The third-order valence-corrected chi connectivity index (χ3v) is 5.40. The molecule has 3 rings (SSSR count). The molecule has 1 aromatic carbocycles. The Morgan fingerprint density at radius 3 is 2.82 bits per heavy atom. The van der Waals surface area contributed by atoms with Gasteiger partial charge in [-0.1, -0.05) is 23.7 Å². The summed E-state index contributed by atoms with van der Waals surface area (Å²) in [4.78, 5) is 32.6. The number of fused-ring (bicyclic) bond motifs is 1. The van der Waals surface area contributed by atoms with Crippen LogP contribution in [0.3, 0.4) is 0 Å². The van der Waals surface area contributed by atoms with Crippen LogP contribution < -0.4 is 10.3 Å². The van der Waals surface area contributed by atoms with Gasteiger partial charge < -0.3 is 14.5 Å². The summed E-state index contributed by atoms with van der Waals surface area (Å²) in [6.07, 6.45) is 1.70. The first kappa shape index (κ1) is 20.1. The van der Waals surface area contributed by atoms with Gasteiger partial charge in [-0.3, -0.25) is 4.79 Å². The standard InChI is InChI=1S/C20H19ClN2O4S/c1-4-26-13-8-6-7-12(9-13)10-14(21)17-22-18(24)15-11(3)16(20(25)27-5-2)28-19(15)23-17/h6-10H,4-5H2,1-3H3,(H,22,23,24)/b14-10-. The third kappa shape index (κ3) is 4.10. The summed E-state index contributed by atoms with van der Waals surface area (Å²) >= 11 is 7.52. The van der Waals surface area contributed by atoms with E-state index in [1.807, 2.05) is 31.2 Å². The molecule has 0 aliphatic rings. The third-order valence-electron chi connectivity index (χ3n) is 3.95. The van der Waals surface area contributed by atoms with Crippen LogP contribution in [-0.2, 0) is 4.74 Å². The predicted octanol–water partition coefficient (Wildman–Crippen LogP) is 4.61. The summed E-state index contributed by atoms with van der Waals surface area (Å²) < 4.78 is 10.5. The van der Waals surface area contributed by atoms with Crippen molar-refractivity contribution >= 4 is 50.2 Å². The maximum Gasteiger partial charge on any atom is 0.348 e. The number of carbonyl (C=O) groups excluding carboxylic acids is 1. The van der Waals surface area contributed by atoms with E-state index in [-0.39, 0.29) is 23.0 Å². The second kappa shape index (κ2) is 8.58. The minimum atomic E-state index is -0.460. The molecule has 0 saturated carbocycles. The highest BCUT2D eigenvalue weighted by atomic mass is 35.5. The van der Waals surface area contributed by atoms with Gasteiger partial charge in [0.25, 0.3) is 5.56 Å². The molecule has 2 aromatic heterocycles. The number of aromatic amines is 1. The number of nitrogens with zero attached hydrogens (tertiary/aromatic N) is 1. The molecule has 0 aliphatic heterocycles. The summed E-state index contributed by atoms with van der Waals surface area (Å²) in [5.41, 5.74) is 1.02. The van der Waals surface area contributed by atoms with Crippen molar-refractivity contribution in [3.63, 3.8) is 0 Å². The number of thiophene rings is 1. The zero-order valence-electron chi connectivity index (χ0n) is 15.7. The lowest BCUT2D eigenvalue weighted by Gasteiger charge is -2.04. The Morgan fingerprint density at radius 2 is 2.11 bits per heavy atom. The summed E-state index contributed by atoms with van der Waals surface area (Å²) in [5, 5.41) is 0.649. The number of ether oxygens (including phenoxy) is 2. The van der Waals surface area contributed by atoms with Crippen LogP contribution in [0, 0.1) is 6.92 Å². The SMILES string of the molecule is CCOC(=O)c1sc2nc(/C(Cl)=C/c3cccc(OCC)c3)[nH]c(=O)c2c1C. The average Bonchev–Trinajstić information content (AvgIpc) is 2.99. The van der Waals surface area contributed by atoms with E-state index in [4.69, 9.17) is 21.1 Å². The van der Waals surface area contributed by atoms with Gasteiger partial charge in [0.2, 0.25) is 0 Å². The maximum atomic E-state index is 12.6. The Hall–Kier alpha value is -2.64. The molecule has 0 bridgehead atoms. The molecule has 28 heavy (non-hydrogen) atoms. The summed E-state index contributed by atoms with van der Waals surface area (Å²) in [6.45, 7) is 6.17. The fourth-order valence-electron chi connectivity index (χ4n) is 2.72. The normalized spacial score (nSPS) is 11.6. The highest BCUT2D eigenvalue weighted by Crippen LogP contribution is 2.29. The van der Waals surface area contributed by atoms with Gasteiger partial charge >= 0.3 is 5.97 Å². The number of halogens is 1. The van der Waals surface area contributed by atoms with Crippen molar-refractivity contribution in [2.75, 3.05) is 13.2 Å². The Bertz CT molecular complexity index is 1120. The van der Waals surface area contributed by atoms with Crippen LogP contribution in [0.25, 0.3) is 21.3 Å². The van der Waals surface area contributed by atoms with Gasteiger partial charge in [-0.15, -0.1) is 11.3 Å². The molecule has 0 fully saturated rings. The van der Waals surface area contributed by atoms with Crippen LogP contribution in [0.2, 0.25) is 0 Å². The molecule has 146 valence electrons. The van der Waals surface area contributed by atoms with Crippen molar-refractivity contribution in [2.45, 2.75) is 20.8 Å². The van der Waals surface area contributed by atoms with Gasteiger partial charge in [-0.2, -0.15) is 0 Å². The molecule has 8 heteroatoms. The molecule has 2 heterocycles. The zero-order chi connectivity index (χ0) is 20.3. The van der Waals surface area contributed by atoms with Crippen LogP contribution in [0.1, 0.15) is 40.5 Å². The van der Waals surface area contributed by atoms with E-state index < -0.39 is 5.97 Å². The number of carbonyl (C=O) groups is 1. The summed E-state index contributed by atoms with van der Waals surface area (Å²) in [7, 11) is 0. The van der Waals surface area contributed by atoms with Gasteiger partial charge in [0.15, 0.2) is 5.82 Å². The Balaban J connectivity index is 2.03. The largest absolute Gasteiger partial charge is 0.494 e. The lowest BCUT2D eigenvalue weighted by Crippen LogP contribution is -2.10. The van der Waals surface area contributed by atoms with E-state index in [0.717, 1.165) is 22.6 Å². The number of hydrogen-bond acceptors (Lipinski definition) is 6. The Labute approximate surface area is 170 Å². The number of hydrogen-bond donors (Lipinski definition) is 1. The smallest absolute Gasteiger partial charge is 0.348 e. The van der Waals surface area contributed by atoms with Crippen LogP contribution in [0.4, 0.5) is 0 Å². The highest BCUT2D eigenvalue weighted by Gasteiger charge is 2.20. The topological polar surface area (TPSA) is 81.3 Å². The molecule has 3 aromatic rings. The minimum Gasteiger partial charge on any atom is -0.494 e. The van der Waals surface area contributed by atoms with Crippen molar-refractivity contribution in [2.24, 2.45) is 0 Å². The fourth-order valence-corrected chi connectivity index (χ4v) is 4.01. The number of aryl methyl sites for hydroxylation is 1. The first-order valence-corrected chi connectivity index (χ1v) is 9.95. The molecule has 0 amide bonds. The van der Waals surface area contributed by atoms with Gasteiger partial charge in [-0.25, -0.2) is 9.78 Å². The Kier molecular flexibility index (Phi) is 6.16. The van der Waals surface area contributed by atoms with Gasteiger partial charge in [0, 0.05) is 0 Å². The first-order valence-electron chi connectivity index (χ1n) is 8.75. The number of nitrogens with one attached hydrogen (secondary N) is 1. The number of H-pyrrole nitrogens is 1. The lowest BCUT2D eigenvalue weighted by atomic mass is 10.2. The second-order valence-electron chi connectivity index (χ2n) is 5.87. The molecule has 1 N–H and O–H groups in total. The summed E-state index contributed by atoms with van der Waals surface area (Å²) in [6, 6.07) is 7.42.